The van der Waals surface area contributed by atoms with E-state index in [2.05, 4.69) is 247 Å². The van der Waals surface area contributed by atoms with Gasteiger partial charge in [0.2, 0.25) is 0 Å². The SMILES string of the molecule is COCCOCCOCCOc1ccc(C2(c3ccc(COCCOCCOCCO)c(C=O)c3)c3cc(C)ccc3-c3ccc(-c4ccc(N(c5ccc(C(C)(C)C)cc5)c5c6ccccc6c(N(c6ccc(C)cc6)c6ccc(C(C)(C)C)cc6)c6ccccc56)cc4)cc32)cc1C(=O)O. The van der Waals surface area contributed by atoms with Crippen molar-refractivity contribution in [2.75, 3.05) is 96.2 Å². The number of aliphatic hydroxyl groups excluding tert-OH is 1. The van der Waals surface area contributed by atoms with Crippen LogP contribution >= 0.6 is 0 Å². The number of aromatic carboxylic acids is 1. The van der Waals surface area contributed by atoms with E-state index in [0.717, 1.165) is 106 Å². The summed E-state index contributed by atoms with van der Waals surface area (Å²) in [6, 6.07) is 77.7. The van der Waals surface area contributed by atoms with Crippen LogP contribution in [0.5, 0.6) is 5.75 Å². The molecule has 0 fully saturated rings. The number of carbonyl (C=O) groups is 2. The van der Waals surface area contributed by atoms with E-state index in [4.69, 9.17) is 38.3 Å². The second-order valence-corrected chi connectivity index (χ2v) is 28.1. The van der Waals surface area contributed by atoms with Gasteiger partial charge in [0, 0.05) is 57.0 Å². The van der Waals surface area contributed by atoms with Crippen molar-refractivity contribution in [1.82, 2.24) is 0 Å². The number of aliphatic hydroxyl groups is 1. The van der Waals surface area contributed by atoms with Gasteiger partial charge >= 0.3 is 5.97 Å². The average Bonchev–Trinajstić information content (AvgIpc) is 1.49. The van der Waals surface area contributed by atoms with Crippen LogP contribution in [0.2, 0.25) is 0 Å². The van der Waals surface area contributed by atoms with Crippen molar-refractivity contribution in [3.8, 4) is 28.0 Å². The Kier molecular flexibility index (Phi) is 22.6. The molecule has 1 aliphatic carbocycles. The van der Waals surface area contributed by atoms with Crippen LogP contribution in [0.1, 0.15) is 112 Å². The van der Waals surface area contributed by atoms with E-state index in [1.807, 2.05) is 24.3 Å². The number of carboxylic acids is 1. The van der Waals surface area contributed by atoms with Gasteiger partial charge in [-0.15, -0.1) is 0 Å². The van der Waals surface area contributed by atoms with Gasteiger partial charge in [0.1, 0.15) is 24.2 Å². The molecular weight excluding hydrogens is 1270 g/mol. The van der Waals surface area contributed by atoms with Crippen molar-refractivity contribution in [3.05, 3.63) is 280 Å². The summed E-state index contributed by atoms with van der Waals surface area (Å²) >= 11 is 0. The predicted molar refractivity (Wildman–Crippen MR) is 410 cm³/mol. The Labute approximate surface area is 599 Å². The minimum absolute atomic E-state index is 0.0192. The minimum atomic E-state index is -1.17. The fraction of sp³-hybridized carbons (Fsp3) is 0.281. The Morgan fingerprint density at radius 3 is 1.38 bits per heavy atom. The molecule has 0 aliphatic heterocycles. The molecule has 0 radical (unpaired) electrons. The third kappa shape index (κ3) is 15.4. The summed E-state index contributed by atoms with van der Waals surface area (Å²) in [7, 11) is 1.62. The summed E-state index contributed by atoms with van der Waals surface area (Å²) in [5.74, 6) is -0.959. The largest absolute Gasteiger partial charge is 0.490 e. The lowest BCUT2D eigenvalue weighted by molar-refractivity contribution is 0.00445. The number of aldehydes is 1. The van der Waals surface area contributed by atoms with Gasteiger partial charge in [-0.2, -0.15) is 0 Å². The molecule has 0 saturated heterocycles. The summed E-state index contributed by atoms with van der Waals surface area (Å²) in [4.78, 5) is 32.0. The molecule has 1 aliphatic rings. The molecule has 1 atom stereocenters. The third-order valence-electron chi connectivity index (χ3n) is 19.2. The quantitative estimate of drug-likeness (QED) is 0.0184. The maximum atomic E-state index is 13.6. The zero-order valence-electron chi connectivity index (χ0n) is 60.0. The molecule has 11 aromatic rings. The fourth-order valence-corrected chi connectivity index (χ4v) is 14.0. The Morgan fingerprint density at radius 2 is 0.882 bits per heavy atom. The van der Waals surface area contributed by atoms with Crippen LogP contribution in [-0.2, 0) is 51.3 Å². The van der Waals surface area contributed by atoms with Gasteiger partial charge in [-0.1, -0.05) is 198 Å². The molecule has 0 heterocycles. The van der Waals surface area contributed by atoms with E-state index in [0.29, 0.717) is 62.9 Å². The van der Waals surface area contributed by atoms with Crippen LogP contribution in [0.25, 0.3) is 43.8 Å². The fourth-order valence-electron chi connectivity index (χ4n) is 14.0. The number of rotatable bonds is 31. The van der Waals surface area contributed by atoms with Crippen molar-refractivity contribution < 1.29 is 53.0 Å². The Bertz CT molecular complexity index is 4670. The highest BCUT2D eigenvalue weighted by Gasteiger charge is 2.47. The lowest BCUT2D eigenvalue weighted by atomic mass is 9.66. The lowest BCUT2D eigenvalue weighted by Crippen LogP contribution is -2.29. The number of anilines is 6. The van der Waals surface area contributed by atoms with Gasteiger partial charge in [-0.3, -0.25) is 4.79 Å². The van der Waals surface area contributed by atoms with Crippen LogP contribution in [0, 0.1) is 13.8 Å². The van der Waals surface area contributed by atoms with Gasteiger partial charge in [-0.05, 0) is 159 Å². The Hall–Kier alpha value is -9.80. The smallest absolute Gasteiger partial charge is 0.339 e. The number of hydrogen-bond acceptors (Lipinski definition) is 12. The van der Waals surface area contributed by atoms with Crippen LogP contribution < -0.4 is 14.5 Å². The minimum Gasteiger partial charge on any atom is -0.490 e. The van der Waals surface area contributed by atoms with Crippen LogP contribution in [0.3, 0.4) is 0 Å². The molecule has 12 rings (SSSR count). The molecule has 102 heavy (non-hydrogen) atoms. The van der Waals surface area contributed by atoms with Crippen molar-refractivity contribution in [2.45, 2.75) is 78.2 Å². The number of methoxy groups -OCH3 is 1. The molecule has 0 saturated carbocycles. The van der Waals surface area contributed by atoms with Gasteiger partial charge < -0.3 is 53.2 Å². The van der Waals surface area contributed by atoms with E-state index in [1.165, 1.54) is 16.7 Å². The number of carbonyl (C=O) groups excluding carboxylic acids is 1. The molecule has 2 N–H and O–H groups in total. The summed E-state index contributed by atoms with van der Waals surface area (Å²) in [6.07, 6.45) is 0.860. The van der Waals surface area contributed by atoms with E-state index < -0.39 is 11.4 Å². The first-order valence-electron chi connectivity index (χ1n) is 35.2. The summed E-state index contributed by atoms with van der Waals surface area (Å²) in [6.45, 7) is 21.3. The van der Waals surface area contributed by atoms with Crippen molar-refractivity contribution in [2.24, 2.45) is 0 Å². The zero-order valence-corrected chi connectivity index (χ0v) is 60.0. The number of nitrogens with zero attached hydrogens (tertiary/aromatic N) is 2. The van der Waals surface area contributed by atoms with Gasteiger partial charge in [0.05, 0.1) is 96.1 Å². The molecule has 0 spiro atoms. The topological polar surface area (TPSA) is 146 Å². The molecular formula is C89H92N2O11. The second-order valence-electron chi connectivity index (χ2n) is 28.1. The van der Waals surface area contributed by atoms with Crippen LogP contribution in [-0.4, -0.2) is 109 Å². The highest BCUT2D eigenvalue weighted by atomic mass is 16.6. The normalized spacial score (nSPS) is 13.5. The van der Waals surface area contributed by atoms with E-state index >= 15 is 0 Å². The van der Waals surface area contributed by atoms with Crippen molar-refractivity contribution >= 4 is 67.9 Å². The van der Waals surface area contributed by atoms with E-state index in [-0.39, 0.29) is 61.8 Å². The highest BCUT2D eigenvalue weighted by molar-refractivity contribution is 6.23. The second kappa shape index (κ2) is 32.0. The van der Waals surface area contributed by atoms with Gasteiger partial charge in [-0.25, -0.2) is 4.79 Å². The summed E-state index contributed by atoms with van der Waals surface area (Å²) in [5.41, 5.74) is 17.9. The molecule has 0 bridgehead atoms. The Morgan fingerprint density at radius 1 is 0.451 bits per heavy atom. The first-order valence-corrected chi connectivity index (χ1v) is 35.2. The lowest BCUT2D eigenvalue weighted by Gasteiger charge is -2.35. The van der Waals surface area contributed by atoms with E-state index in [9.17, 15) is 14.7 Å². The maximum Gasteiger partial charge on any atom is 0.339 e. The summed E-state index contributed by atoms with van der Waals surface area (Å²) in [5, 5.41) is 24.6. The number of ether oxygens (including phenoxy) is 7. The van der Waals surface area contributed by atoms with Gasteiger partial charge in [0.25, 0.3) is 0 Å². The zero-order chi connectivity index (χ0) is 71.5. The Balaban J connectivity index is 0.990. The number of benzene rings is 11. The highest BCUT2D eigenvalue weighted by Crippen LogP contribution is 2.58. The molecule has 524 valence electrons. The van der Waals surface area contributed by atoms with Gasteiger partial charge in [0.15, 0.2) is 0 Å². The molecule has 0 aromatic heterocycles. The first kappa shape index (κ1) is 72.0. The monoisotopic (exact) mass is 1360 g/mol. The standard InChI is InChI=1S/C89H92N2O11/c1-60-18-31-70(32-19-60)90(72-35-26-66(27-36-72)87(3,4)5)84-76-14-10-12-16-78(76)85(79-17-13-11-15-77(79)84)91(73-37-28-67(29-38-73)88(6,7)8)71-33-22-62(23-34-71)63-24-40-75-74-39-20-61(2)54-81(74)89(82(75)56-63,68-25-21-64(65(55-68)58-93)59-101-51-50-99-47-46-97-43-42-92)69-30-41-83(80(57-69)86(94)95)102-53-52-100-49-48-98-45-44-96-9/h10-41,54-58,92H,42-53,59H2,1-9H3,(H,94,95). The summed E-state index contributed by atoms with van der Waals surface area (Å²) < 4.78 is 39.8. The number of carboxylic acid groups (broad SMARTS) is 1. The van der Waals surface area contributed by atoms with Crippen LogP contribution in [0.4, 0.5) is 34.1 Å². The number of hydrogen-bond donors (Lipinski definition) is 2. The third-order valence-corrected chi connectivity index (χ3v) is 19.2. The van der Waals surface area contributed by atoms with E-state index in [1.54, 1.807) is 19.2 Å². The number of fused-ring (bicyclic) bond motifs is 5. The predicted octanol–water partition coefficient (Wildman–Crippen LogP) is 19.3. The van der Waals surface area contributed by atoms with Crippen molar-refractivity contribution in [3.63, 3.8) is 0 Å². The molecule has 1 unspecified atom stereocenters. The van der Waals surface area contributed by atoms with Crippen LogP contribution in [0.15, 0.2) is 218 Å². The maximum absolute atomic E-state index is 13.6. The van der Waals surface area contributed by atoms with Crippen molar-refractivity contribution in [1.29, 1.82) is 0 Å². The first-order chi connectivity index (χ1) is 49.4. The average molecular weight is 1370 g/mol. The molecule has 0 amide bonds. The molecule has 13 heteroatoms. The molecule has 13 nitrogen and oxygen atoms in total. The molecule has 11 aromatic carbocycles. The number of aryl methyl sites for hydroxylation is 2.